The largest absolute Gasteiger partial charge is 0.371 e. The number of likely N-dealkylation sites (tertiary alicyclic amines) is 1. The minimum Gasteiger partial charge on any atom is -0.371 e. The van der Waals surface area contributed by atoms with E-state index in [9.17, 15) is 4.79 Å². The number of piperidine rings is 1. The highest BCUT2D eigenvalue weighted by Gasteiger charge is 2.45. The van der Waals surface area contributed by atoms with E-state index in [0.717, 1.165) is 36.7 Å². The number of amides is 1. The molecule has 0 saturated carbocycles. The van der Waals surface area contributed by atoms with E-state index in [2.05, 4.69) is 17.2 Å². The van der Waals surface area contributed by atoms with Gasteiger partial charge in [0, 0.05) is 25.4 Å². The van der Waals surface area contributed by atoms with E-state index >= 15 is 0 Å². The van der Waals surface area contributed by atoms with E-state index in [4.69, 9.17) is 9.47 Å². The lowest BCUT2D eigenvalue weighted by Crippen LogP contribution is -2.50. The van der Waals surface area contributed by atoms with Gasteiger partial charge in [-0.25, -0.2) is 0 Å². The summed E-state index contributed by atoms with van der Waals surface area (Å²) in [6.07, 6.45) is 2.79. The predicted octanol–water partition coefficient (Wildman–Crippen LogP) is 3.55. The number of ether oxygens (including phenoxy) is 2. The topological polar surface area (TPSA) is 56.6 Å². The van der Waals surface area contributed by atoms with Gasteiger partial charge in [-0.1, -0.05) is 48.5 Å². The summed E-state index contributed by atoms with van der Waals surface area (Å²) in [7, 11) is 1.88. The molecule has 1 aromatic heterocycles. The first-order valence-electron chi connectivity index (χ1n) is 10.6. The summed E-state index contributed by atoms with van der Waals surface area (Å²) in [4.78, 5) is 15.2. The fourth-order valence-electron chi connectivity index (χ4n) is 4.78. The summed E-state index contributed by atoms with van der Waals surface area (Å²) in [5, 5.41) is 5.42. The molecule has 2 fully saturated rings. The highest BCUT2D eigenvalue weighted by atomic mass is 16.6. The molecule has 3 aromatic rings. The van der Waals surface area contributed by atoms with Crippen molar-refractivity contribution in [2.45, 2.75) is 37.6 Å². The monoisotopic (exact) mass is 405 g/mol. The SMILES string of the molecule is Cn1nc(C(=O)N2CCC[C@@]3(C[C@@H](OCc4ccccc4)CO3)C2)c2ccccc21. The molecular weight excluding hydrogens is 378 g/mol. The summed E-state index contributed by atoms with van der Waals surface area (Å²) >= 11 is 0. The molecule has 6 heteroatoms. The summed E-state index contributed by atoms with van der Waals surface area (Å²) in [6, 6.07) is 18.1. The van der Waals surface area contributed by atoms with Crippen LogP contribution < -0.4 is 0 Å². The van der Waals surface area contributed by atoms with Gasteiger partial charge in [-0.2, -0.15) is 5.10 Å². The number of nitrogens with zero attached hydrogens (tertiary/aromatic N) is 3. The Hall–Kier alpha value is -2.70. The fraction of sp³-hybridized carbons (Fsp3) is 0.417. The fourth-order valence-corrected chi connectivity index (χ4v) is 4.78. The Morgan fingerprint density at radius 2 is 2.00 bits per heavy atom. The van der Waals surface area contributed by atoms with Crippen LogP contribution in [0, 0.1) is 0 Å². The zero-order valence-electron chi connectivity index (χ0n) is 17.3. The highest BCUT2D eigenvalue weighted by Crippen LogP contribution is 2.36. The van der Waals surface area contributed by atoms with E-state index in [1.165, 1.54) is 5.56 Å². The normalized spacial score (nSPS) is 24.0. The Balaban J connectivity index is 1.27. The number of carbonyl (C=O) groups is 1. The molecule has 1 amide bonds. The van der Waals surface area contributed by atoms with Gasteiger partial charge in [-0.15, -0.1) is 0 Å². The number of rotatable bonds is 4. The van der Waals surface area contributed by atoms with Crippen molar-refractivity contribution in [2.24, 2.45) is 7.05 Å². The second-order valence-electron chi connectivity index (χ2n) is 8.44. The molecule has 0 unspecified atom stereocenters. The minimum absolute atomic E-state index is 0.0110. The van der Waals surface area contributed by atoms with Crippen molar-refractivity contribution in [1.29, 1.82) is 0 Å². The molecule has 3 heterocycles. The number of hydrogen-bond acceptors (Lipinski definition) is 4. The number of hydrogen-bond donors (Lipinski definition) is 0. The van der Waals surface area contributed by atoms with Gasteiger partial charge in [0.1, 0.15) is 0 Å². The van der Waals surface area contributed by atoms with E-state index in [1.54, 1.807) is 4.68 Å². The third-order valence-corrected chi connectivity index (χ3v) is 6.29. The number of carbonyl (C=O) groups excluding carboxylic acids is 1. The zero-order valence-corrected chi connectivity index (χ0v) is 17.3. The number of benzene rings is 2. The maximum absolute atomic E-state index is 13.3. The second kappa shape index (κ2) is 7.85. The van der Waals surface area contributed by atoms with Gasteiger partial charge in [-0.05, 0) is 24.5 Å². The minimum atomic E-state index is -0.306. The molecule has 2 saturated heterocycles. The lowest BCUT2D eigenvalue weighted by molar-refractivity contribution is -0.0467. The Labute approximate surface area is 176 Å². The zero-order chi connectivity index (χ0) is 20.6. The van der Waals surface area contributed by atoms with Gasteiger partial charge in [0.25, 0.3) is 5.91 Å². The molecule has 2 aliphatic rings. The Morgan fingerprint density at radius 3 is 2.87 bits per heavy atom. The lowest BCUT2D eigenvalue weighted by atomic mass is 9.89. The van der Waals surface area contributed by atoms with Gasteiger partial charge in [0.05, 0.1) is 37.0 Å². The smallest absolute Gasteiger partial charge is 0.275 e. The summed E-state index contributed by atoms with van der Waals surface area (Å²) < 4.78 is 14.1. The van der Waals surface area contributed by atoms with Crippen molar-refractivity contribution in [1.82, 2.24) is 14.7 Å². The number of aryl methyl sites for hydroxylation is 1. The van der Waals surface area contributed by atoms with Crippen LogP contribution in [-0.2, 0) is 23.1 Å². The van der Waals surface area contributed by atoms with Crippen LogP contribution in [0.15, 0.2) is 54.6 Å². The first-order valence-corrected chi connectivity index (χ1v) is 10.6. The van der Waals surface area contributed by atoms with Crippen molar-refractivity contribution < 1.29 is 14.3 Å². The molecule has 2 aliphatic heterocycles. The molecule has 0 N–H and O–H groups in total. The molecule has 6 nitrogen and oxygen atoms in total. The number of aromatic nitrogens is 2. The van der Waals surface area contributed by atoms with Crippen molar-refractivity contribution in [3.8, 4) is 0 Å². The molecule has 2 atom stereocenters. The third-order valence-electron chi connectivity index (χ3n) is 6.29. The maximum atomic E-state index is 13.3. The molecule has 156 valence electrons. The average molecular weight is 405 g/mol. The van der Waals surface area contributed by atoms with Gasteiger partial charge in [-0.3, -0.25) is 9.48 Å². The number of para-hydroxylation sites is 1. The second-order valence-corrected chi connectivity index (χ2v) is 8.44. The summed E-state index contributed by atoms with van der Waals surface area (Å²) in [5.74, 6) is -0.0110. The van der Waals surface area contributed by atoms with Crippen LogP contribution in [0.5, 0.6) is 0 Å². The standard InChI is InChI=1S/C24H27N3O3/c1-26-21-11-6-5-10-20(21)22(25-26)23(28)27-13-7-12-24(17-27)14-19(16-30-24)29-15-18-8-3-2-4-9-18/h2-6,8-11,19H,7,12-17H2,1H3/t19-,24-/m1/s1. The number of fused-ring (bicyclic) bond motifs is 1. The van der Waals surface area contributed by atoms with Crippen LogP contribution in [0.4, 0.5) is 0 Å². The molecule has 0 radical (unpaired) electrons. The van der Waals surface area contributed by atoms with Crippen molar-refractivity contribution >= 4 is 16.8 Å². The van der Waals surface area contributed by atoms with E-state index in [-0.39, 0.29) is 17.6 Å². The molecule has 5 rings (SSSR count). The molecule has 30 heavy (non-hydrogen) atoms. The van der Waals surface area contributed by atoms with Gasteiger partial charge in [0.2, 0.25) is 0 Å². The molecule has 0 aliphatic carbocycles. The van der Waals surface area contributed by atoms with E-state index in [1.807, 2.05) is 54.4 Å². The summed E-state index contributed by atoms with van der Waals surface area (Å²) in [6.45, 7) is 2.52. The maximum Gasteiger partial charge on any atom is 0.275 e. The molecule has 1 spiro atoms. The lowest BCUT2D eigenvalue weighted by Gasteiger charge is -2.39. The summed E-state index contributed by atoms with van der Waals surface area (Å²) in [5.41, 5.74) is 2.36. The van der Waals surface area contributed by atoms with Crippen LogP contribution in [0.25, 0.3) is 10.9 Å². The predicted molar refractivity (Wildman–Crippen MR) is 114 cm³/mol. The first kappa shape index (κ1) is 19.3. The third kappa shape index (κ3) is 3.61. The van der Waals surface area contributed by atoms with Gasteiger partial charge < -0.3 is 14.4 Å². The van der Waals surface area contributed by atoms with Crippen LogP contribution in [-0.4, -0.2) is 52.0 Å². The quantitative estimate of drug-likeness (QED) is 0.666. The molecule has 2 aromatic carbocycles. The Bertz CT molecular complexity index is 1050. The van der Waals surface area contributed by atoms with Crippen LogP contribution in [0.1, 0.15) is 35.3 Å². The van der Waals surface area contributed by atoms with Crippen LogP contribution in [0.2, 0.25) is 0 Å². The Kier molecular flexibility index (Phi) is 5.05. The van der Waals surface area contributed by atoms with Crippen LogP contribution in [0.3, 0.4) is 0 Å². The Morgan fingerprint density at radius 1 is 1.20 bits per heavy atom. The van der Waals surface area contributed by atoms with Gasteiger partial charge >= 0.3 is 0 Å². The highest BCUT2D eigenvalue weighted by molar-refractivity contribution is 6.04. The van der Waals surface area contributed by atoms with Gasteiger partial charge in [0.15, 0.2) is 5.69 Å². The van der Waals surface area contributed by atoms with Crippen molar-refractivity contribution in [3.63, 3.8) is 0 Å². The van der Waals surface area contributed by atoms with E-state index in [0.29, 0.717) is 25.5 Å². The van der Waals surface area contributed by atoms with Crippen molar-refractivity contribution in [3.05, 3.63) is 65.9 Å². The van der Waals surface area contributed by atoms with Crippen LogP contribution >= 0.6 is 0 Å². The van der Waals surface area contributed by atoms with E-state index < -0.39 is 0 Å². The molecule has 0 bridgehead atoms. The average Bonchev–Trinajstić information content (AvgIpc) is 3.33. The molecular formula is C24H27N3O3. The first-order chi connectivity index (χ1) is 14.6. The van der Waals surface area contributed by atoms with Crippen molar-refractivity contribution in [2.75, 3.05) is 19.7 Å².